The first-order valence-corrected chi connectivity index (χ1v) is 8.72. The zero-order valence-corrected chi connectivity index (χ0v) is 15.1. The summed E-state index contributed by atoms with van der Waals surface area (Å²) in [5, 5.41) is 11.3. The molecular formula is C23H21O4-. The summed E-state index contributed by atoms with van der Waals surface area (Å²) < 4.78 is 11.4. The van der Waals surface area contributed by atoms with Crippen molar-refractivity contribution in [1.82, 2.24) is 0 Å². The van der Waals surface area contributed by atoms with Gasteiger partial charge in [-0.3, -0.25) is 0 Å². The van der Waals surface area contributed by atoms with Gasteiger partial charge >= 0.3 is 0 Å². The molecule has 0 amide bonds. The molecule has 0 spiro atoms. The number of hydrogen-bond acceptors (Lipinski definition) is 4. The molecule has 0 N–H and O–H groups in total. The van der Waals surface area contributed by atoms with Crippen LogP contribution in [0.1, 0.15) is 16.7 Å². The lowest BCUT2D eigenvalue weighted by Gasteiger charge is -2.37. The SMILES string of the molecule is CO[C@@H](COC(c1ccccc1)(c1ccccc1)c1ccccc1)C(=O)[O-]. The Morgan fingerprint density at radius 3 is 1.48 bits per heavy atom. The smallest absolute Gasteiger partial charge is 0.143 e. The molecule has 0 saturated heterocycles. The van der Waals surface area contributed by atoms with E-state index in [2.05, 4.69) is 0 Å². The van der Waals surface area contributed by atoms with E-state index >= 15 is 0 Å². The fourth-order valence-electron chi connectivity index (χ4n) is 3.20. The molecule has 0 aromatic heterocycles. The van der Waals surface area contributed by atoms with Crippen LogP contribution in [0, 0.1) is 0 Å². The Hall–Kier alpha value is -2.95. The number of carboxylic acids is 1. The minimum Gasteiger partial charge on any atom is -0.547 e. The monoisotopic (exact) mass is 361 g/mol. The fourth-order valence-corrected chi connectivity index (χ4v) is 3.20. The standard InChI is InChI=1S/C23H22O4/c1-26-21(22(24)25)17-27-23(18-11-5-2-6-12-18,19-13-7-3-8-14-19)20-15-9-4-10-16-20/h2-16,21H,17H2,1H3,(H,24,25)/p-1/t21-/m0/s1. The predicted octanol–water partition coefficient (Wildman–Crippen LogP) is 2.76. The lowest BCUT2D eigenvalue weighted by molar-refractivity contribution is -0.318. The number of aliphatic carboxylic acids is 1. The van der Waals surface area contributed by atoms with Gasteiger partial charge in [-0.25, -0.2) is 0 Å². The Morgan fingerprint density at radius 2 is 1.19 bits per heavy atom. The molecule has 0 heterocycles. The quantitative estimate of drug-likeness (QED) is 0.579. The van der Waals surface area contributed by atoms with Gasteiger partial charge in [-0.2, -0.15) is 0 Å². The Morgan fingerprint density at radius 1 is 0.815 bits per heavy atom. The lowest BCUT2D eigenvalue weighted by Crippen LogP contribution is -2.43. The summed E-state index contributed by atoms with van der Waals surface area (Å²) in [6.07, 6.45) is -1.17. The van der Waals surface area contributed by atoms with Crippen molar-refractivity contribution in [2.24, 2.45) is 0 Å². The molecule has 0 aliphatic heterocycles. The molecule has 0 bridgehead atoms. The molecule has 1 atom stereocenters. The van der Waals surface area contributed by atoms with Gasteiger partial charge in [-0.1, -0.05) is 91.0 Å². The topological polar surface area (TPSA) is 58.6 Å². The Kier molecular flexibility index (Phi) is 6.01. The van der Waals surface area contributed by atoms with Crippen molar-refractivity contribution < 1.29 is 19.4 Å². The van der Waals surface area contributed by atoms with Crippen LogP contribution in [0.5, 0.6) is 0 Å². The van der Waals surface area contributed by atoms with Crippen molar-refractivity contribution in [2.75, 3.05) is 13.7 Å². The molecule has 0 unspecified atom stereocenters. The third-order valence-electron chi connectivity index (χ3n) is 4.54. The van der Waals surface area contributed by atoms with E-state index in [0.717, 1.165) is 16.7 Å². The molecule has 0 saturated carbocycles. The van der Waals surface area contributed by atoms with Gasteiger partial charge in [-0.05, 0) is 16.7 Å². The Balaban J connectivity index is 2.18. The summed E-state index contributed by atoms with van der Waals surface area (Å²) in [7, 11) is 1.33. The highest BCUT2D eigenvalue weighted by Gasteiger charge is 2.38. The highest BCUT2D eigenvalue weighted by Crippen LogP contribution is 2.40. The largest absolute Gasteiger partial charge is 0.547 e. The maximum atomic E-state index is 11.3. The molecule has 3 aromatic rings. The summed E-state index contributed by atoms with van der Waals surface area (Å²) in [5.74, 6) is -1.31. The van der Waals surface area contributed by atoms with E-state index in [9.17, 15) is 9.90 Å². The van der Waals surface area contributed by atoms with Gasteiger partial charge in [0.05, 0.1) is 12.6 Å². The van der Waals surface area contributed by atoms with Crippen molar-refractivity contribution in [3.8, 4) is 0 Å². The zero-order valence-electron chi connectivity index (χ0n) is 15.1. The normalized spacial score (nSPS) is 12.5. The van der Waals surface area contributed by atoms with Crippen molar-refractivity contribution in [1.29, 1.82) is 0 Å². The minimum absolute atomic E-state index is 0.155. The van der Waals surface area contributed by atoms with Gasteiger partial charge in [0, 0.05) is 7.11 Å². The molecule has 4 nitrogen and oxygen atoms in total. The molecular weight excluding hydrogens is 340 g/mol. The van der Waals surface area contributed by atoms with Gasteiger partial charge in [0.2, 0.25) is 0 Å². The average molecular weight is 361 g/mol. The Labute approximate surface area is 159 Å². The number of ether oxygens (including phenoxy) is 2. The second-order valence-corrected chi connectivity index (χ2v) is 6.13. The molecule has 4 heteroatoms. The summed E-state index contributed by atoms with van der Waals surface area (Å²) in [4.78, 5) is 11.3. The van der Waals surface area contributed by atoms with Crippen LogP contribution in [0.3, 0.4) is 0 Å². The molecule has 138 valence electrons. The molecule has 0 fully saturated rings. The van der Waals surface area contributed by atoms with Gasteiger partial charge in [0.25, 0.3) is 0 Å². The van der Waals surface area contributed by atoms with Crippen molar-refractivity contribution in [2.45, 2.75) is 11.7 Å². The summed E-state index contributed by atoms with van der Waals surface area (Å²) in [5.41, 5.74) is 1.72. The van der Waals surface area contributed by atoms with Crippen molar-refractivity contribution >= 4 is 5.97 Å². The summed E-state index contributed by atoms with van der Waals surface area (Å²) in [6.45, 7) is -0.155. The van der Waals surface area contributed by atoms with Crippen molar-refractivity contribution in [3.63, 3.8) is 0 Å². The van der Waals surface area contributed by atoms with Gasteiger partial charge in [-0.15, -0.1) is 0 Å². The van der Waals surface area contributed by atoms with Crippen molar-refractivity contribution in [3.05, 3.63) is 108 Å². The van der Waals surface area contributed by atoms with E-state index in [1.807, 2.05) is 91.0 Å². The van der Waals surface area contributed by atoms with E-state index in [1.165, 1.54) is 7.11 Å². The maximum absolute atomic E-state index is 11.3. The maximum Gasteiger partial charge on any atom is 0.143 e. The average Bonchev–Trinajstić information content (AvgIpc) is 2.73. The zero-order chi connectivity index (χ0) is 19.1. The van der Waals surface area contributed by atoms with Crippen LogP contribution in [-0.2, 0) is 19.9 Å². The number of hydrogen-bond donors (Lipinski definition) is 0. The van der Waals surface area contributed by atoms with E-state index in [4.69, 9.17) is 9.47 Å². The summed E-state index contributed by atoms with van der Waals surface area (Å²) >= 11 is 0. The van der Waals surface area contributed by atoms with Crippen LogP contribution in [-0.4, -0.2) is 25.8 Å². The highest BCUT2D eigenvalue weighted by molar-refractivity contribution is 5.70. The van der Waals surface area contributed by atoms with Crippen LogP contribution in [0.4, 0.5) is 0 Å². The van der Waals surface area contributed by atoms with Crippen LogP contribution in [0.25, 0.3) is 0 Å². The molecule has 3 rings (SSSR count). The second-order valence-electron chi connectivity index (χ2n) is 6.13. The fraction of sp³-hybridized carbons (Fsp3) is 0.174. The van der Waals surface area contributed by atoms with Gasteiger partial charge < -0.3 is 19.4 Å². The first kappa shape index (κ1) is 18.8. The number of carbonyl (C=O) groups excluding carboxylic acids is 1. The van der Waals surface area contributed by atoms with Crippen LogP contribution >= 0.6 is 0 Å². The van der Waals surface area contributed by atoms with Crippen LogP contribution in [0.2, 0.25) is 0 Å². The lowest BCUT2D eigenvalue weighted by atomic mass is 9.80. The van der Waals surface area contributed by atoms with Crippen LogP contribution in [0.15, 0.2) is 91.0 Å². The van der Waals surface area contributed by atoms with E-state index < -0.39 is 17.7 Å². The first-order valence-electron chi connectivity index (χ1n) is 8.72. The van der Waals surface area contributed by atoms with Gasteiger partial charge in [0.15, 0.2) is 0 Å². The van der Waals surface area contributed by atoms with E-state index in [0.29, 0.717) is 0 Å². The second kappa shape index (κ2) is 8.62. The number of carbonyl (C=O) groups is 1. The number of benzene rings is 3. The minimum atomic E-state index is -1.31. The first-order chi connectivity index (χ1) is 13.2. The number of methoxy groups -OCH3 is 1. The van der Waals surface area contributed by atoms with Crippen LogP contribution < -0.4 is 5.11 Å². The van der Waals surface area contributed by atoms with E-state index in [-0.39, 0.29) is 6.61 Å². The predicted molar refractivity (Wildman–Crippen MR) is 101 cm³/mol. The Bertz CT molecular complexity index is 751. The highest BCUT2D eigenvalue weighted by atomic mass is 16.6. The number of rotatable bonds is 8. The third-order valence-corrected chi connectivity index (χ3v) is 4.54. The summed E-state index contributed by atoms with van der Waals surface area (Å²) in [6, 6.07) is 29.3. The van der Waals surface area contributed by atoms with E-state index in [1.54, 1.807) is 0 Å². The van der Waals surface area contributed by atoms with Gasteiger partial charge in [0.1, 0.15) is 11.7 Å². The molecule has 0 aliphatic rings. The molecule has 27 heavy (non-hydrogen) atoms. The number of carboxylic acid groups (broad SMARTS) is 1. The third kappa shape index (κ3) is 3.92. The molecule has 0 aliphatic carbocycles. The molecule has 0 radical (unpaired) electrons. The molecule has 3 aromatic carbocycles.